The van der Waals surface area contributed by atoms with E-state index >= 15 is 0 Å². The van der Waals surface area contributed by atoms with Gasteiger partial charge in [-0.1, -0.05) is 13.8 Å². The number of carbonyl (C=O) groups is 1. The molecule has 1 aromatic carbocycles. The van der Waals surface area contributed by atoms with E-state index in [9.17, 15) is 4.79 Å². The molecule has 0 bridgehead atoms. The lowest BCUT2D eigenvalue weighted by molar-refractivity contribution is 0.0969. The molecule has 0 saturated heterocycles. The SMILES string of the molecule is CC(C)Oc1ccc(C(=O)CCC(CCN)C(C)C)cc1. The molecule has 118 valence electrons. The van der Waals surface area contributed by atoms with Crippen LogP contribution in [0, 0.1) is 11.8 Å². The van der Waals surface area contributed by atoms with Crippen molar-refractivity contribution in [1.82, 2.24) is 0 Å². The molecule has 0 aromatic heterocycles. The van der Waals surface area contributed by atoms with E-state index in [-0.39, 0.29) is 11.9 Å². The van der Waals surface area contributed by atoms with E-state index in [1.54, 1.807) is 0 Å². The summed E-state index contributed by atoms with van der Waals surface area (Å²) in [7, 11) is 0. The number of carbonyl (C=O) groups excluding carboxylic acids is 1. The van der Waals surface area contributed by atoms with Gasteiger partial charge in [-0.2, -0.15) is 0 Å². The number of Topliss-reactive ketones (excluding diaryl/α,β-unsaturated/α-hetero) is 1. The van der Waals surface area contributed by atoms with Crippen molar-refractivity contribution in [3.8, 4) is 5.75 Å². The molecule has 21 heavy (non-hydrogen) atoms. The van der Waals surface area contributed by atoms with Gasteiger partial charge < -0.3 is 10.5 Å². The van der Waals surface area contributed by atoms with Crippen molar-refractivity contribution in [1.29, 1.82) is 0 Å². The van der Waals surface area contributed by atoms with E-state index in [4.69, 9.17) is 10.5 Å². The highest BCUT2D eigenvalue weighted by Crippen LogP contribution is 2.22. The number of rotatable bonds is 9. The predicted octanol–water partition coefficient (Wildman–Crippen LogP) is 4.06. The van der Waals surface area contributed by atoms with Crippen LogP contribution in [0.3, 0.4) is 0 Å². The van der Waals surface area contributed by atoms with Gasteiger partial charge in [-0.15, -0.1) is 0 Å². The molecule has 1 aromatic rings. The van der Waals surface area contributed by atoms with E-state index in [0.717, 1.165) is 24.2 Å². The maximum absolute atomic E-state index is 12.2. The third-order valence-electron chi connectivity index (χ3n) is 3.77. The number of hydrogen-bond donors (Lipinski definition) is 1. The normalized spacial score (nSPS) is 12.7. The van der Waals surface area contributed by atoms with E-state index in [1.807, 2.05) is 38.1 Å². The van der Waals surface area contributed by atoms with Crippen LogP contribution in [0.4, 0.5) is 0 Å². The summed E-state index contributed by atoms with van der Waals surface area (Å²) in [5.41, 5.74) is 6.41. The fourth-order valence-electron chi connectivity index (χ4n) is 2.48. The molecule has 3 heteroatoms. The Bertz CT molecular complexity index is 423. The molecule has 0 amide bonds. The van der Waals surface area contributed by atoms with Crippen molar-refractivity contribution in [2.75, 3.05) is 6.54 Å². The molecule has 0 saturated carbocycles. The third kappa shape index (κ3) is 6.30. The second kappa shape index (κ2) is 8.83. The van der Waals surface area contributed by atoms with E-state index in [0.29, 0.717) is 24.8 Å². The average Bonchev–Trinajstić information content (AvgIpc) is 2.43. The summed E-state index contributed by atoms with van der Waals surface area (Å²) < 4.78 is 5.59. The Morgan fingerprint density at radius 3 is 2.19 bits per heavy atom. The van der Waals surface area contributed by atoms with Gasteiger partial charge in [0.25, 0.3) is 0 Å². The molecule has 0 aliphatic carbocycles. The van der Waals surface area contributed by atoms with Crippen molar-refractivity contribution >= 4 is 5.78 Å². The zero-order valence-corrected chi connectivity index (χ0v) is 13.8. The molecule has 1 rings (SSSR count). The monoisotopic (exact) mass is 291 g/mol. The first-order valence-corrected chi connectivity index (χ1v) is 7.94. The van der Waals surface area contributed by atoms with Crippen molar-refractivity contribution in [2.24, 2.45) is 17.6 Å². The zero-order chi connectivity index (χ0) is 15.8. The lowest BCUT2D eigenvalue weighted by atomic mass is 9.87. The van der Waals surface area contributed by atoms with Gasteiger partial charge in [0.05, 0.1) is 6.10 Å². The summed E-state index contributed by atoms with van der Waals surface area (Å²) in [5, 5.41) is 0. The molecule has 0 aliphatic heterocycles. The first-order valence-electron chi connectivity index (χ1n) is 7.94. The summed E-state index contributed by atoms with van der Waals surface area (Å²) >= 11 is 0. The Morgan fingerprint density at radius 1 is 1.10 bits per heavy atom. The minimum atomic E-state index is 0.148. The highest BCUT2D eigenvalue weighted by atomic mass is 16.5. The van der Waals surface area contributed by atoms with Crippen LogP contribution in [0.25, 0.3) is 0 Å². The van der Waals surface area contributed by atoms with E-state index in [1.165, 1.54) is 0 Å². The van der Waals surface area contributed by atoms with Crippen molar-refractivity contribution in [3.63, 3.8) is 0 Å². The van der Waals surface area contributed by atoms with Crippen LogP contribution in [0.1, 0.15) is 57.3 Å². The zero-order valence-electron chi connectivity index (χ0n) is 13.8. The molecule has 1 atom stereocenters. The predicted molar refractivity (Wildman–Crippen MR) is 87.8 cm³/mol. The van der Waals surface area contributed by atoms with Gasteiger partial charge in [0, 0.05) is 12.0 Å². The molecule has 0 radical (unpaired) electrons. The Labute approximate surface area is 128 Å². The molecule has 2 N–H and O–H groups in total. The first-order chi connectivity index (χ1) is 9.93. The third-order valence-corrected chi connectivity index (χ3v) is 3.77. The van der Waals surface area contributed by atoms with Crippen LogP contribution < -0.4 is 10.5 Å². The van der Waals surface area contributed by atoms with E-state index in [2.05, 4.69) is 13.8 Å². The summed E-state index contributed by atoms with van der Waals surface area (Å²) in [4.78, 5) is 12.2. The molecule has 3 nitrogen and oxygen atoms in total. The number of nitrogens with two attached hydrogens (primary N) is 1. The van der Waals surface area contributed by atoms with Gasteiger partial charge >= 0.3 is 0 Å². The minimum Gasteiger partial charge on any atom is -0.491 e. The standard InChI is InChI=1S/C18H29NO2/c1-13(2)15(11-12-19)7-10-18(20)16-5-8-17(9-6-16)21-14(3)4/h5-6,8-9,13-15H,7,10-12,19H2,1-4H3. The maximum Gasteiger partial charge on any atom is 0.162 e. The fourth-order valence-corrected chi connectivity index (χ4v) is 2.48. The second-order valence-electron chi connectivity index (χ2n) is 6.23. The van der Waals surface area contributed by atoms with Gasteiger partial charge in [0.2, 0.25) is 0 Å². The Balaban J connectivity index is 2.55. The lowest BCUT2D eigenvalue weighted by Crippen LogP contribution is -2.16. The smallest absolute Gasteiger partial charge is 0.162 e. The molecule has 0 spiro atoms. The lowest BCUT2D eigenvalue weighted by Gasteiger charge is -2.19. The van der Waals surface area contributed by atoms with Gasteiger partial charge in [-0.05, 0) is 69.3 Å². The largest absolute Gasteiger partial charge is 0.491 e. The molecular formula is C18H29NO2. The number of ketones is 1. The van der Waals surface area contributed by atoms with Gasteiger partial charge in [-0.3, -0.25) is 4.79 Å². The summed E-state index contributed by atoms with van der Waals surface area (Å²) in [6.45, 7) is 9.06. The molecule has 0 fully saturated rings. The van der Waals surface area contributed by atoms with Crippen LogP contribution in [-0.4, -0.2) is 18.4 Å². The number of hydrogen-bond acceptors (Lipinski definition) is 3. The molecule has 0 aliphatic rings. The van der Waals surface area contributed by atoms with E-state index < -0.39 is 0 Å². The van der Waals surface area contributed by atoms with Crippen LogP contribution >= 0.6 is 0 Å². The highest BCUT2D eigenvalue weighted by molar-refractivity contribution is 5.96. The second-order valence-corrected chi connectivity index (χ2v) is 6.23. The van der Waals surface area contributed by atoms with Gasteiger partial charge in [0.1, 0.15) is 5.75 Å². The first kappa shape index (κ1) is 17.7. The van der Waals surface area contributed by atoms with Crippen LogP contribution in [0.5, 0.6) is 5.75 Å². The number of ether oxygens (including phenoxy) is 1. The Morgan fingerprint density at radius 2 is 1.71 bits per heavy atom. The highest BCUT2D eigenvalue weighted by Gasteiger charge is 2.15. The Hall–Kier alpha value is -1.35. The fraction of sp³-hybridized carbons (Fsp3) is 0.611. The molecule has 0 heterocycles. The quantitative estimate of drug-likeness (QED) is 0.698. The van der Waals surface area contributed by atoms with Crippen LogP contribution in [-0.2, 0) is 0 Å². The van der Waals surface area contributed by atoms with Gasteiger partial charge in [-0.25, -0.2) is 0 Å². The van der Waals surface area contributed by atoms with Gasteiger partial charge in [0.15, 0.2) is 5.78 Å². The van der Waals surface area contributed by atoms with Crippen LogP contribution in [0.2, 0.25) is 0 Å². The molecular weight excluding hydrogens is 262 g/mol. The summed E-state index contributed by atoms with van der Waals surface area (Å²) in [6, 6.07) is 7.45. The summed E-state index contributed by atoms with van der Waals surface area (Å²) in [5.74, 6) is 2.11. The average molecular weight is 291 g/mol. The number of benzene rings is 1. The minimum absolute atomic E-state index is 0.148. The summed E-state index contributed by atoms with van der Waals surface area (Å²) in [6.07, 6.45) is 2.65. The van der Waals surface area contributed by atoms with Crippen LogP contribution in [0.15, 0.2) is 24.3 Å². The van der Waals surface area contributed by atoms with Crippen molar-refractivity contribution < 1.29 is 9.53 Å². The van der Waals surface area contributed by atoms with Crippen molar-refractivity contribution in [2.45, 2.75) is 53.1 Å². The topological polar surface area (TPSA) is 52.3 Å². The molecule has 1 unspecified atom stereocenters. The maximum atomic E-state index is 12.2. The van der Waals surface area contributed by atoms with Crippen molar-refractivity contribution in [3.05, 3.63) is 29.8 Å². The Kier molecular flexibility index (Phi) is 7.44.